The molecule has 0 aliphatic heterocycles. The van der Waals surface area contributed by atoms with Crippen LogP contribution < -0.4 is 10.1 Å². The maximum atomic E-state index is 11.9. The minimum Gasteiger partial charge on any atom is -0.496 e. The zero-order chi connectivity index (χ0) is 18.8. The Morgan fingerprint density at radius 3 is 2.52 bits per heavy atom. The number of carbonyl (C=O) groups excluding carboxylic acids is 1. The van der Waals surface area contributed by atoms with Crippen molar-refractivity contribution in [2.45, 2.75) is 46.1 Å². The Bertz CT molecular complexity index is 672. The Hall–Kier alpha value is -2.31. The fourth-order valence-corrected chi connectivity index (χ4v) is 3.95. The van der Waals surface area contributed by atoms with Crippen LogP contribution in [0.25, 0.3) is 0 Å². The number of nitrogens with zero attached hydrogens (tertiary/aromatic N) is 1. The summed E-state index contributed by atoms with van der Waals surface area (Å²) in [4.78, 5) is 22.8. The van der Waals surface area contributed by atoms with Crippen LogP contribution in [-0.4, -0.2) is 31.2 Å². The molecular weight excluding hydrogens is 324 g/mol. The zero-order valence-corrected chi connectivity index (χ0v) is 15.4. The average molecular weight is 350 g/mol. The smallest absolute Gasteiger partial charge is 0.341 e. The molecule has 2 rings (SSSR count). The third-order valence-corrected chi connectivity index (χ3v) is 4.67. The topological polar surface area (TPSA) is 90.7 Å². The van der Waals surface area contributed by atoms with E-state index in [4.69, 9.17) is 4.74 Å². The van der Waals surface area contributed by atoms with Crippen LogP contribution in [0, 0.1) is 21.4 Å². The summed E-state index contributed by atoms with van der Waals surface area (Å²) in [7, 11) is 2.65. The number of nitrogens with one attached hydrogen (secondary N) is 1. The summed E-state index contributed by atoms with van der Waals surface area (Å²) < 4.78 is 9.91. The van der Waals surface area contributed by atoms with Crippen molar-refractivity contribution < 1.29 is 19.2 Å². The van der Waals surface area contributed by atoms with E-state index in [1.54, 1.807) is 0 Å². The highest BCUT2D eigenvalue weighted by Gasteiger charge is 2.33. The molecule has 0 amide bonds. The van der Waals surface area contributed by atoms with Gasteiger partial charge in [0.1, 0.15) is 17.0 Å². The molecule has 0 unspecified atom stereocenters. The molecular formula is C18H26N2O5. The molecule has 0 radical (unpaired) electrons. The number of hydrogen-bond donors (Lipinski definition) is 1. The van der Waals surface area contributed by atoms with Gasteiger partial charge < -0.3 is 14.8 Å². The number of nitro groups is 1. The maximum absolute atomic E-state index is 11.9. The van der Waals surface area contributed by atoms with Crippen molar-refractivity contribution >= 4 is 17.3 Å². The van der Waals surface area contributed by atoms with Crippen LogP contribution in [0.4, 0.5) is 11.4 Å². The van der Waals surface area contributed by atoms with Crippen molar-refractivity contribution in [1.29, 1.82) is 0 Å². The quantitative estimate of drug-likeness (QED) is 0.490. The van der Waals surface area contributed by atoms with Crippen LogP contribution in [0.2, 0.25) is 0 Å². The molecule has 1 aliphatic carbocycles. The SMILES string of the molecule is COC(=O)c1cc([N+](=O)[O-])c(N[C@H]2C[C@@H](C)CC(C)(C)C2)cc1OC. The summed E-state index contributed by atoms with van der Waals surface area (Å²) in [6.07, 6.45) is 3.01. The standard InChI is InChI=1S/C18H26N2O5/c1-11-6-12(10-18(2,3)9-11)19-14-8-16(24-4)13(17(21)25-5)7-15(14)20(22)23/h7-8,11-12,19H,6,9-10H2,1-5H3/t11-,12+/m1/s1. The zero-order valence-electron chi connectivity index (χ0n) is 15.4. The highest BCUT2D eigenvalue weighted by molar-refractivity contribution is 5.94. The van der Waals surface area contributed by atoms with Gasteiger partial charge in [-0.1, -0.05) is 20.8 Å². The molecule has 25 heavy (non-hydrogen) atoms. The number of methoxy groups -OCH3 is 2. The summed E-state index contributed by atoms with van der Waals surface area (Å²) in [6.45, 7) is 6.63. The highest BCUT2D eigenvalue weighted by Crippen LogP contribution is 2.41. The molecule has 1 aliphatic rings. The predicted octanol–water partition coefficient (Wildman–Crippen LogP) is 4.02. The molecule has 1 saturated carbocycles. The summed E-state index contributed by atoms with van der Waals surface area (Å²) in [5, 5.41) is 14.8. The van der Waals surface area contributed by atoms with E-state index in [0.717, 1.165) is 19.3 Å². The third kappa shape index (κ3) is 4.41. The van der Waals surface area contributed by atoms with Crippen LogP contribution in [0.15, 0.2) is 12.1 Å². The van der Waals surface area contributed by atoms with Crippen molar-refractivity contribution in [3.8, 4) is 5.75 Å². The lowest BCUT2D eigenvalue weighted by Crippen LogP contribution is -2.35. The molecule has 0 heterocycles. The van der Waals surface area contributed by atoms with Crippen LogP contribution in [0.3, 0.4) is 0 Å². The molecule has 0 aromatic heterocycles. The molecule has 1 N–H and O–H groups in total. The fourth-order valence-electron chi connectivity index (χ4n) is 3.95. The van der Waals surface area contributed by atoms with Crippen molar-refractivity contribution in [2.75, 3.05) is 19.5 Å². The van der Waals surface area contributed by atoms with E-state index in [1.165, 1.54) is 26.4 Å². The number of benzene rings is 1. The minimum atomic E-state index is -0.668. The maximum Gasteiger partial charge on any atom is 0.341 e. The first-order valence-corrected chi connectivity index (χ1v) is 8.38. The van der Waals surface area contributed by atoms with Crippen LogP contribution in [-0.2, 0) is 4.74 Å². The van der Waals surface area contributed by atoms with Gasteiger partial charge in [-0.05, 0) is 30.6 Å². The van der Waals surface area contributed by atoms with Crippen LogP contribution in [0.5, 0.6) is 5.75 Å². The lowest BCUT2D eigenvalue weighted by Gasteiger charge is -2.39. The summed E-state index contributed by atoms with van der Waals surface area (Å²) >= 11 is 0. The van der Waals surface area contributed by atoms with Gasteiger partial charge in [0.2, 0.25) is 0 Å². The molecule has 0 bridgehead atoms. The molecule has 1 aromatic carbocycles. The van der Waals surface area contributed by atoms with E-state index in [-0.39, 0.29) is 28.5 Å². The molecule has 7 nitrogen and oxygen atoms in total. The molecule has 138 valence electrons. The van der Waals surface area contributed by atoms with E-state index in [0.29, 0.717) is 11.6 Å². The molecule has 1 aromatic rings. The van der Waals surface area contributed by atoms with E-state index < -0.39 is 10.9 Å². The molecule has 0 spiro atoms. The number of carbonyl (C=O) groups is 1. The second-order valence-electron chi connectivity index (χ2n) is 7.57. The van der Waals surface area contributed by atoms with Crippen molar-refractivity contribution in [3.05, 3.63) is 27.8 Å². The minimum absolute atomic E-state index is 0.0413. The fraction of sp³-hybridized carbons (Fsp3) is 0.611. The van der Waals surface area contributed by atoms with Gasteiger partial charge in [0.15, 0.2) is 0 Å². The third-order valence-electron chi connectivity index (χ3n) is 4.67. The number of esters is 1. The van der Waals surface area contributed by atoms with Gasteiger partial charge in [-0.25, -0.2) is 4.79 Å². The van der Waals surface area contributed by atoms with Gasteiger partial charge in [0.05, 0.1) is 19.1 Å². The number of hydrogen-bond acceptors (Lipinski definition) is 6. The van der Waals surface area contributed by atoms with E-state index >= 15 is 0 Å². The normalized spacial score (nSPS) is 22.1. The largest absolute Gasteiger partial charge is 0.496 e. The van der Waals surface area contributed by atoms with Gasteiger partial charge in [-0.15, -0.1) is 0 Å². The summed E-state index contributed by atoms with van der Waals surface area (Å²) in [5.74, 6) is 0.124. The second kappa shape index (κ2) is 7.29. The molecule has 7 heteroatoms. The Morgan fingerprint density at radius 1 is 1.32 bits per heavy atom. The van der Waals surface area contributed by atoms with E-state index in [1.807, 2.05) is 0 Å². The second-order valence-corrected chi connectivity index (χ2v) is 7.57. The van der Waals surface area contributed by atoms with Gasteiger partial charge in [0.25, 0.3) is 5.69 Å². The van der Waals surface area contributed by atoms with Crippen LogP contribution >= 0.6 is 0 Å². The van der Waals surface area contributed by atoms with Crippen molar-refractivity contribution in [1.82, 2.24) is 0 Å². The Labute approximate surface area is 147 Å². The first kappa shape index (κ1) is 19.0. The highest BCUT2D eigenvalue weighted by atomic mass is 16.6. The molecule has 2 atom stereocenters. The Balaban J connectivity index is 2.39. The van der Waals surface area contributed by atoms with Gasteiger partial charge in [-0.2, -0.15) is 0 Å². The van der Waals surface area contributed by atoms with Crippen molar-refractivity contribution in [2.24, 2.45) is 11.3 Å². The van der Waals surface area contributed by atoms with Gasteiger partial charge in [-0.3, -0.25) is 10.1 Å². The monoisotopic (exact) mass is 350 g/mol. The summed E-state index contributed by atoms with van der Waals surface area (Å²) in [5.41, 5.74) is 0.432. The molecule has 0 saturated heterocycles. The van der Waals surface area contributed by atoms with Crippen molar-refractivity contribution in [3.63, 3.8) is 0 Å². The predicted molar refractivity (Wildman–Crippen MR) is 95.2 cm³/mol. The number of nitro benzene ring substituents is 1. The average Bonchev–Trinajstić information content (AvgIpc) is 2.51. The number of ether oxygens (including phenoxy) is 2. The van der Waals surface area contributed by atoms with Gasteiger partial charge >= 0.3 is 5.97 Å². The first-order chi connectivity index (χ1) is 11.7. The van der Waals surface area contributed by atoms with E-state index in [2.05, 4.69) is 30.8 Å². The first-order valence-electron chi connectivity index (χ1n) is 8.38. The Kier molecular flexibility index (Phi) is 5.55. The lowest BCUT2D eigenvalue weighted by atomic mass is 9.70. The van der Waals surface area contributed by atoms with E-state index in [9.17, 15) is 14.9 Å². The van der Waals surface area contributed by atoms with Crippen LogP contribution in [0.1, 0.15) is 50.4 Å². The summed E-state index contributed by atoms with van der Waals surface area (Å²) in [6, 6.07) is 2.85. The Morgan fingerprint density at radius 2 is 2.00 bits per heavy atom. The number of anilines is 1. The molecule has 1 fully saturated rings. The van der Waals surface area contributed by atoms with Gasteiger partial charge in [0, 0.05) is 18.2 Å². The number of rotatable bonds is 5. The lowest BCUT2D eigenvalue weighted by molar-refractivity contribution is -0.384.